The van der Waals surface area contributed by atoms with Crippen molar-refractivity contribution in [1.29, 1.82) is 5.26 Å². The van der Waals surface area contributed by atoms with Crippen molar-refractivity contribution in [2.75, 3.05) is 26.6 Å². The summed E-state index contributed by atoms with van der Waals surface area (Å²) in [6.07, 6.45) is 1.46. The van der Waals surface area contributed by atoms with Crippen molar-refractivity contribution < 1.29 is 19.0 Å². The molecule has 2 aromatic carbocycles. The number of nitriles is 1. The lowest BCUT2D eigenvalue weighted by molar-refractivity contribution is -0.112. The van der Waals surface area contributed by atoms with Crippen LogP contribution >= 0.6 is 22.6 Å². The molecular formula is C19H17IN2O4. The second kappa shape index (κ2) is 9.10. The van der Waals surface area contributed by atoms with E-state index in [-0.39, 0.29) is 5.57 Å². The van der Waals surface area contributed by atoms with Gasteiger partial charge in [0.15, 0.2) is 11.5 Å². The fourth-order valence-corrected chi connectivity index (χ4v) is 2.59. The van der Waals surface area contributed by atoms with Crippen LogP contribution in [0.1, 0.15) is 5.56 Å². The van der Waals surface area contributed by atoms with Gasteiger partial charge in [-0.15, -0.1) is 0 Å². The summed E-state index contributed by atoms with van der Waals surface area (Å²) in [6, 6.07) is 12.5. The Hall–Kier alpha value is -2.73. The van der Waals surface area contributed by atoms with Crippen LogP contribution in [-0.2, 0) is 4.79 Å². The average molecular weight is 464 g/mol. The Labute approximate surface area is 165 Å². The Morgan fingerprint density at radius 2 is 1.65 bits per heavy atom. The number of methoxy groups -OCH3 is 3. The smallest absolute Gasteiger partial charge is 0.266 e. The Morgan fingerprint density at radius 1 is 1.08 bits per heavy atom. The number of halogens is 1. The second-order valence-corrected chi connectivity index (χ2v) is 6.34. The van der Waals surface area contributed by atoms with Crippen molar-refractivity contribution in [3.8, 4) is 23.3 Å². The molecule has 2 rings (SSSR count). The average Bonchev–Trinajstić information content (AvgIpc) is 2.66. The van der Waals surface area contributed by atoms with E-state index >= 15 is 0 Å². The van der Waals surface area contributed by atoms with E-state index in [1.165, 1.54) is 27.4 Å². The first kappa shape index (κ1) is 19.6. The maximum atomic E-state index is 12.4. The summed E-state index contributed by atoms with van der Waals surface area (Å²) in [5.74, 6) is 0.818. The van der Waals surface area contributed by atoms with Crippen LogP contribution in [0.2, 0.25) is 0 Å². The highest BCUT2D eigenvalue weighted by atomic mass is 127. The molecule has 0 heterocycles. The van der Waals surface area contributed by atoms with E-state index in [1.54, 1.807) is 24.3 Å². The molecule has 0 aliphatic rings. The van der Waals surface area contributed by atoms with Crippen molar-refractivity contribution >= 4 is 40.3 Å². The SMILES string of the molecule is COc1cc(/C=C(\C#N)C(=O)Nc2ccc(I)cc2)cc(OC)c1OC. The van der Waals surface area contributed by atoms with E-state index in [9.17, 15) is 10.1 Å². The van der Waals surface area contributed by atoms with Gasteiger partial charge < -0.3 is 19.5 Å². The Kier molecular flexibility index (Phi) is 6.86. The quantitative estimate of drug-likeness (QED) is 0.399. The molecule has 0 unspecified atom stereocenters. The zero-order valence-corrected chi connectivity index (χ0v) is 16.7. The molecule has 26 heavy (non-hydrogen) atoms. The number of rotatable bonds is 6. The number of nitrogens with zero attached hydrogens (tertiary/aromatic N) is 1. The minimum Gasteiger partial charge on any atom is -0.493 e. The maximum Gasteiger partial charge on any atom is 0.266 e. The number of hydrogen-bond acceptors (Lipinski definition) is 5. The van der Waals surface area contributed by atoms with Gasteiger partial charge in [-0.1, -0.05) is 0 Å². The third kappa shape index (κ3) is 4.67. The number of anilines is 1. The molecule has 6 nitrogen and oxygen atoms in total. The molecule has 7 heteroatoms. The molecule has 0 aliphatic carbocycles. The first-order valence-electron chi connectivity index (χ1n) is 7.51. The number of amides is 1. The van der Waals surface area contributed by atoms with Gasteiger partial charge >= 0.3 is 0 Å². The van der Waals surface area contributed by atoms with E-state index in [2.05, 4.69) is 27.9 Å². The highest BCUT2D eigenvalue weighted by Gasteiger charge is 2.15. The molecule has 0 radical (unpaired) electrons. The lowest BCUT2D eigenvalue weighted by Crippen LogP contribution is -2.13. The molecule has 0 saturated heterocycles. The van der Waals surface area contributed by atoms with Crippen molar-refractivity contribution in [1.82, 2.24) is 0 Å². The molecule has 0 aromatic heterocycles. The molecule has 1 N–H and O–H groups in total. The van der Waals surface area contributed by atoms with Crippen LogP contribution in [0.15, 0.2) is 42.0 Å². The van der Waals surface area contributed by atoms with Gasteiger partial charge in [0.2, 0.25) is 5.75 Å². The van der Waals surface area contributed by atoms with Crippen LogP contribution in [-0.4, -0.2) is 27.2 Å². The minimum atomic E-state index is -0.498. The fourth-order valence-electron chi connectivity index (χ4n) is 2.23. The first-order chi connectivity index (χ1) is 12.5. The number of benzene rings is 2. The van der Waals surface area contributed by atoms with Crippen molar-refractivity contribution in [2.24, 2.45) is 0 Å². The maximum absolute atomic E-state index is 12.4. The van der Waals surface area contributed by atoms with E-state index in [0.717, 1.165) is 3.57 Å². The Balaban J connectivity index is 2.34. The van der Waals surface area contributed by atoms with Gasteiger partial charge in [0, 0.05) is 9.26 Å². The predicted molar refractivity (Wildman–Crippen MR) is 107 cm³/mol. The zero-order chi connectivity index (χ0) is 19.1. The summed E-state index contributed by atoms with van der Waals surface area (Å²) in [5, 5.41) is 12.1. The molecule has 0 saturated carbocycles. The van der Waals surface area contributed by atoms with Gasteiger partial charge in [-0.25, -0.2) is 0 Å². The summed E-state index contributed by atoms with van der Waals surface area (Å²) < 4.78 is 16.9. The van der Waals surface area contributed by atoms with E-state index < -0.39 is 5.91 Å². The van der Waals surface area contributed by atoms with Gasteiger partial charge in [-0.05, 0) is 70.6 Å². The molecule has 134 valence electrons. The molecule has 2 aromatic rings. The first-order valence-corrected chi connectivity index (χ1v) is 8.59. The number of nitrogens with one attached hydrogen (secondary N) is 1. The number of ether oxygens (including phenoxy) is 3. The second-order valence-electron chi connectivity index (χ2n) is 5.09. The molecule has 0 bridgehead atoms. The zero-order valence-electron chi connectivity index (χ0n) is 14.5. The van der Waals surface area contributed by atoms with Gasteiger partial charge in [0.1, 0.15) is 11.6 Å². The Bertz CT molecular complexity index is 845. The molecule has 1 amide bonds. The van der Waals surface area contributed by atoms with Crippen LogP contribution < -0.4 is 19.5 Å². The Morgan fingerprint density at radius 3 is 2.12 bits per heavy atom. The van der Waals surface area contributed by atoms with E-state index in [1.807, 2.05) is 18.2 Å². The van der Waals surface area contributed by atoms with Gasteiger partial charge in [0.25, 0.3) is 5.91 Å². The third-order valence-electron chi connectivity index (χ3n) is 3.47. The number of carbonyl (C=O) groups excluding carboxylic acids is 1. The van der Waals surface area contributed by atoms with Crippen molar-refractivity contribution in [2.45, 2.75) is 0 Å². The monoisotopic (exact) mass is 464 g/mol. The van der Waals surface area contributed by atoms with Gasteiger partial charge in [-0.3, -0.25) is 4.79 Å². The lowest BCUT2D eigenvalue weighted by Gasteiger charge is -2.13. The van der Waals surface area contributed by atoms with Crippen LogP contribution in [0, 0.1) is 14.9 Å². The normalized spacial score (nSPS) is 10.7. The van der Waals surface area contributed by atoms with Crippen LogP contribution in [0.3, 0.4) is 0 Å². The summed E-state index contributed by atoms with van der Waals surface area (Å²) in [5.41, 5.74) is 1.15. The van der Waals surface area contributed by atoms with Crippen molar-refractivity contribution in [3.63, 3.8) is 0 Å². The molecule has 0 fully saturated rings. The molecule has 0 atom stereocenters. The van der Waals surface area contributed by atoms with Gasteiger partial charge in [0.05, 0.1) is 21.3 Å². The molecular weight excluding hydrogens is 447 g/mol. The lowest BCUT2D eigenvalue weighted by atomic mass is 10.1. The fraction of sp³-hybridized carbons (Fsp3) is 0.158. The van der Waals surface area contributed by atoms with Gasteiger partial charge in [-0.2, -0.15) is 5.26 Å². The van der Waals surface area contributed by atoms with Crippen LogP contribution in [0.4, 0.5) is 5.69 Å². The summed E-state index contributed by atoms with van der Waals surface area (Å²) in [4.78, 5) is 12.4. The van der Waals surface area contributed by atoms with Crippen LogP contribution in [0.5, 0.6) is 17.2 Å². The van der Waals surface area contributed by atoms with E-state index in [4.69, 9.17) is 14.2 Å². The molecule has 0 spiro atoms. The van der Waals surface area contributed by atoms with Crippen LogP contribution in [0.25, 0.3) is 6.08 Å². The predicted octanol–water partition coefficient (Wildman–Crippen LogP) is 3.86. The summed E-state index contributed by atoms with van der Waals surface area (Å²) >= 11 is 2.17. The number of hydrogen-bond donors (Lipinski definition) is 1. The number of carbonyl (C=O) groups is 1. The standard InChI is InChI=1S/C19H17IN2O4/c1-24-16-9-12(10-17(25-2)18(16)26-3)8-13(11-21)19(23)22-15-6-4-14(20)5-7-15/h4-10H,1-3H3,(H,22,23)/b13-8+. The minimum absolute atomic E-state index is 0.0437. The topological polar surface area (TPSA) is 80.6 Å². The van der Waals surface area contributed by atoms with E-state index in [0.29, 0.717) is 28.5 Å². The third-order valence-corrected chi connectivity index (χ3v) is 4.18. The highest BCUT2D eigenvalue weighted by Crippen LogP contribution is 2.38. The molecule has 0 aliphatic heterocycles. The summed E-state index contributed by atoms with van der Waals surface area (Å²) in [7, 11) is 4.50. The van der Waals surface area contributed by atoms with Crippen molar-refractivity contribution in [3.05, 3.63) is 51.1 Å². The summed E-state index contributed by atoms with van der Waals surface area (Å²) in [6.45, 7) is 0. The highest BCUT2D eigenvalue weighted by molar-refractivity contribution is 14.1. The largest absolute Gasteiger partial charge is 0.493 e.